The van der Waals surface area contributed by atoms with Gasteiger partial charge in [0.1, 0.15) is 16.2 Å². The van der Waals surface area contributed by atoms with Crippen molar-refractivity contribution >= 4 is 26.8 Å². The van der Waals surface area contributed by atoms with Gasteiger partial charge in [-0.05, 0) is 30.3 Å². The topological polar surface area (TPSA) is 144 Å². The van der Waals surface area contributed by atoms with Crippen molar-refractivity contribution < 1.29 is 17.4 Å². The Balaban J connectivity index is 2.08. The number of fused-ring (bicyclic) bond motifs is 2. The SMILES string of the molecule is NCC/N=c1/ccc2c(-c3ccccc3S(=O)(=O)O)c3ccc(NCCN)cc3oc-2c1. The van der Waals surface area contributed by atoms with Crippen LogP contribution in [0.15, 0.2) is 75.0 Å². The number of nitrogens with one attached hydrogen (secondary N) is 1. The van der Waals surface area contributed by atoms with Crippen molar-refractivity contribution in [3.8, 4) is 22.5 Å². The summed E-state index contributed by atoms with van der Waals surface area (Å²) in [6.07, 6.45) is 0. The Hall–Kier alpha value is -3.24. The molecule has 32 heavy (non-hydrogen) atoms. The normalized spacial score (nSPS) is 12.5. The van der Waals surface area contributed by atoms with Gasteiger partial charge in [0.05, 0.1) is 11.9 Å². The van der Waals surface area contributed by atoms with Crippen LogP contribution in [0.2, 0.25) is 0 Å². The molecule has 166 valence electrons. The third kappa shape index (κ3) is 4.37. The molecule has 2 aliphatic rings. The Morgan fingerprint density at radius 1 is 0.969 bits per heavy atom. The van der Waals surface area contributed by atoms with Crippen LogP contribution in [0.1, 0.15) is 0 Å². The molecule has 0 radical (unpaired) electrons. The lowest BCUT2D eigenvalue weighted by molar-refractivity contribution is 0.483. The largest absolute Gasteiger partial charge is 0.456 e. The second kappa shape index (κ2) is 9.09. The average molecular weight is 453 g/mol. The molecular formula is C23H24N4O4S. The highest BCUT2D eigenvalue weighted by atomic mass is 32.2. The van der Waals surface area contributed by atoms with Gasteiger partial charge in [0.15, 0.2) is 0 Å². The van der Waals surface area contributed by atoms with Gasteiger partial charge in [-0.1, -0.05) is 18.2 Å². The maximum atomic E-state index is 12.1. The summed E-state index contributed by atoms with van der Waals surface area (Å²) in [5.74, 6) is 0.534. The summed E-state index contributed by atoms with van der Waals surface area (Å²) in [4.78, 5) is 4.25. The zero-order valence-electron chi connectivity index (χ0n) is 17.3. The first-order valence-corrected chi connectivity index (χ1v) is 11.6. The van der Waals surface area contributed by atoms with E-state index in [9.17, 15) is 13.0 Å². The summed E-state index contributed by atoms with van der Waals surface area (Å²) in [7, 11) is -4.45. The van der Waals surface area contributed by atoms with E-state index in [0.29, 0.717) is 65.0 Å². The first kappa shape index (κ1) is 22.0. The Morgan fingerprint density at radius 2 is 1.78 bits per heavy atom. The second-order valence-corrected chi connectivity index (χ2v) is 8.62. The van der Waals surface area contributed by atoms with E-state index in [4.69, 9.17) is 15.9 Å². The molecule has 1 heterocycles. The number of nitrogens with two attached hydrogens (primary N) is 2. The molecule has 0 atom stereocenters. The minimum Gasteiger partial charge on any atom is -0.456 e. The molecule has 0 saturated carbocycles. The van der Waals surface area contributed by atoms with Crippen molar-refractivity contribution in [2.75, 3.05) is 31.5 Å². The molecule has 0 spiro atoms. The summed E-state index contributed by atoms with van der Waals surface area (Å²) >= 11 is 0. The highest BCUT2D eigenvalue weighted by molar-refractivity contribution is 7.86. The van der Waals surface area contributed by atoms with Crippen molar-refractivity contribution in [2.24, 2.45) is 16.5 Å². The van der Waals surface area contributed by atoms with Gasteiger partial charge in [0.25, 0.3) is 10.1 Å². The van der Waals surface area contributed by atoms with Crippen LogP contribution in [0.4, 0.5) is 5.69 Å². The highest BCUT2D eigenvalue weighted by Gasteiger charge is 2.23. The van der Waals surface area contributed by atoms with Gasteiger partial charge < -0.3 is 21.2 Å². The van der Waals surface area contributed by atoms with E-state index >= 15 is 0 Å². The molecule has 2 aromatic carbocycles. The molecule has 8 nitrogen and oxygen atoms in total. The van der Waals surface area contributed by atoms with Crippen LogP contribution in [0.5, 0.6) is 0 Å². The molecule has 0 bridgehead atoms. The van der Waals surface area contributed by atoms with Gasteiger partial charge in [-0.25, -0.2) is 0 Å². The Kier molecular flexibility index (Phi) is 6.24. The molecular weight excluding hydrogens is 428 g/mol. The standard InChI is InChI=1S/C23H24N4O4S/c24-9-11-26-15-5-7-17-20(13-15)31-21-14-16(27-12-10-25)6-8-18(21)23(17)19-3-1-2-4-22(19)32(28,29)30/h1-8,13-14,26H,9-12,24-25H2,(H,28,29,30)/b27-16-. The third-order valence-electron chi connectivity index (χ3n) is 5.04. The van der Waals surface area contributed by atoms with E-state index in [0.717, 1.165) is 5.69 Å². The third-order valence-corrected chi connectivity index (χ3v) is 5.95. The van der Waals surface area contributed by atoms with Crippen molar-refractivity contribution in [1.29, 1.82) is 0 Å². The molecule has 0 aromatic heterocycles. The minimum atomic E-state index is -4.45. The monoisotopic (exact) mass is 452 g/mol. The number of anilines is 1. The lowest BCUT2D eigenvalue weighted by Crippen LogP contribution is -2.13. The number of rotatable bonds is 7. The lowest BCUT2D eigenvalue weighted by Gasteiger charge is -2.17. The first-order valence-electron chi connectivity index (χ1n) is 10.1. The van der Waals surface area contributed by atoms with Crippen LogP contribution in [0.3, 0.4) is 0 Å². The average Bonchev–Trinajstić information content (AvgIpc) is 2.79. The van der Waals surface area contributed by atoms with Gasteiger partial charge in [0, 0.05) is 59.5 Å². The fourth-order valence-corrected chi connectivity index (χ4v) is 4.38. The molecule has 9 heteroatoms. The maximum absolute atomic E-state index is 12.1. The van der Waals surface area contributed by atoms with Crippen LogP contribution in [0.25, 0.3) is 33.4 Å². The fourth-order valence-electron chi connectivity index (χ4n) is 3.69. The van der Waals surface area contributed by atoms with Crippen LogP contribution >= 0.6 is 0 Å². The quantitative estimate of drug-likeness (QED) is 0.249. The van der Waals surface area contributed by atoms with Crippen molar-refractivity contribution in [2.45, 2.75) is 4.90 Å². The molecule has 0 saturated heterocycles. The Labute approximate surface area is 185 Å². The van der Waals surface area contributed by atoms with Crippen molar-refractivity contribution in [3.63, 3.8) is 0 Å². The Morgan fingerprint density at radius 3 is 2.53 bits per heavy atom. The lowest BCUT2D eigenvalue weighted by atomic mass is 9.93. The van der Waals surface area contributed by atoms with Crippen molar-refractivity contribution in [3.05, 3.63) is 66.0 Å². The number of benzene rings is 3. The van der Waals surface area contributed by atoms with E-state index < -0.39 is 10.1 Å². The molecule has 0 amide bonds. The minimum absolute atomic E-state index is 0.170. The van der Waals surface area contributed by atoms with Gasteiger partial charge in [0.2, 0.25) is 0 Å². The summed E-state index contributed by atoms with van der Waals surface area (Å²) in [5.41, 5.74) is 14.3. The van der Waals surface area contributed by atoms with Crippen LogP contribution in [-0.4, -0.2) is 39.1 Å². The number of hydrogen-bond donors (Lipinski definition) is 4. The van der Waals surface area contributed by atoms with Crippen molar-refractivity contribution in [1.82, 2.24) is 0 Å². The highest BCUT2D eigenvalue weighted by Crippen LogP contribution is 2.42. The zero-order chi connectivity index (χ0) is 22.7. The maximum Gasteiger partial charge on any atom is 0.295 e. The van der Waals surface area contributed by atoms with Crippen LogP contribution in [0, 0.1) is 0 Å². The molecule has 4 rings (SSSR count). The van der Waals surface area contributed by atoms with E-state index in [1.165, 1.54) is 6.07 Å². The van der Waals surface area contributed by atoms with E-state index in [-0.39, 0.29) is 4.90 Å². The van der Waals surface area contributed by atoms with Gasteiger partial charge in [-0.2, -0.15) is 8.42 Å². The molecule has 1 aliphatic heterocycles. The summed E-state index contributed by atoms with van der Waals surface area (Å²) in [6.45, 7) is 1.98. The van der Waals surface area contributed by atoms with E-state index in [1.807, 2.05) is 30.3 Å². The summed E-state index contributed by atoms with van der Waals surface area (Å²) in [5, 5.41) is 4.63. The molecule has 6 N–H and O–H groups in total. The van der Waals surface area contributed by atoms with E-state index in [2.05, 4.69) is 10.3 Å². The second-order valence-electron chi connectivity index (χ2n) is 7.23. The van der Waals surface area contributed by atoms with Crippen LogP contribution < -0.4 is 22.1 Å². The fraction of sp³-hybridized carbons (Fsp3) is 0.174. The summed E-state index contributed by atoms with van der Waals surface area (Å²) < 4.78 is 40.3. The molecule has 0 unspecified atom stereocenters. The first-order chi connectivity index (χ1) is 15.4. The molecule has 2 aromatic rings. The van der Waals surface area contributed by atoms with Gasteiger partial charge in [-0.3, -0.25) is 9.55 Å². The predicted octanol–water partition coefficient (Wildman–Crippen LogP) is 2.68. The van der Waals surface area contributed by atoms with Crippen LogP contribution in [-0.2, 0) is 10.1 Å². The zero-order valence-corrected chi connectivity index (χ0v) is 18.1. The molecule has 0 fully saturated rings. The molecule has 1 aliphatic carbocycles. The number of hydrogen-bond acceptors (Lipinski definition) is 7. The van der Waals surface area contributed by atoms with Gasteiger partial charge >= 0.3 is 0 Å². The van der Waals surface area contributed by atoms with Gasteiger partial charge in [-0.15, -0.1) is 0 Å². The summed E-state index contributed by atoms with van der Waals surface area (Å²) in [6, 6.07) is 17.4. The predicted molar refractivity (Wildman–Crippen MR) is 125 cm³/mol. The Bertz CT molecular complexity index is 1410. The number of nitrogens with zero attached hydrogens (tertiary/aromatic N) is 1. The van der Waals surface area contributed by atoms with E-state index in [1.54, 1.807) is 24.3 Å². The smallest absolute Gasteiger partial charge is 0.295 e.